The van der Waals surface area contributed by atoms with Crippen LogP contribution in [0.15, 0.2) is 18.2 Å². The summed E-state index contributed by atoms with van der Waals surface area (Å²) in [5.74, 6) is -0.0351. The third-order valence-electron chi connectivity index (χ3n) is 3.32. The second-order valence-corrected chi connectivity index (χ2v) is 5.31. The highest BCUT2D eigenvalue weighted by atomic mass is 35.5. The smallest absolute Gasteiger partial charge is 0.226 e. The molecule has 0 radical (unpaired) electrons. The minimum absolute atomic E-state index is 0.0351. The lowest BCUT2D eigenvalue weighted by molar-refractivity contribution is -0.118. The van der Waals surface area contributed by atoms with Crippen LogP contribution < -0.4 is 11.1 Å². The number of halogens is 1. The molecule has 0 bridgehead atoms. The van der Waals surface area contributed by atoms with Gasteiger partial charge in [-0.1, -0.05) is 17.7 Å². The van der Waals surface area contributed by atoms with Crippen LogP contribution in [0.5, 0.6) is 0 Å². The van der Waals surface area contributed by atoms with Gasteiger partial charge in [0.25, 0.3) is 0 Å². The largest absolute Gasteiger partial charge is 0.326 e. The SMILES string of the molecule is Cc1ccc(NC(=O)CC2(N)CCC2)cc1Cl. The Bertz CT molecular complexity index is 441. The first-order chi connectivity index (χ1) is 7.98. The Morgan fingerprint density at radius 3 is 2.76 bits per heavy atom. The molecule has 1 saturated carbocycles. The summed E-state index contributed by atoms with van der Waals surface area (Å²) in [4.78, 5) is 11.8. The first-order valence-corrected chi connectivity index (χ1v) is 6.21. The van der Waals surface area contributed by atoms with Crippen molar-refractivity contribution in [1.29, 1.82) is 0 Å². The Morgan fingerprint density at radius 1 is 1.53 bits per heavy atom. The maximum atomic E-state index is 11.8. The highest BCUT2D eigenvalue weighted by Crippen LogP contribution is 2.32. The molecular formula is C13H17ClN2O. The van der Waals surface area contributed by atoms with E-state index in [-0.39, 0.29) is 11.4 Å². The van der Waals surface area contributed by atoms with E-state index in [1.165, 1.54) is 0 Å². The molecule has 3 N–H and O–H groups in total. The normalized spacial score (nSPS) is 17.4. The van der Waals surface area contributed by atoms with Gasteiger partial charge >= 0.3 is 0 Å². The lowest BCUT2D eigenvalue weighted by Gasteiger charge is -2.37. The highest BCUT2D eigenvalue weighted by Gasteiger charge is 2.34. The second-order valence-electron chi connectivity index (χ2n) is 4.90. The van der Waals surface area contributed by atoms with Crippen molar-refractivity contribution in [2.75, 3.05) is 5.32 Å². The van der Waals surface area contributed by atoms with E-state index in [4.69, 9.17) is 17.3 Å². The van der Waals surface area contributed by atoms with E-state index in [0.29, 0.717) is 11.4 Å². The summed E-state index contributed by atoms with van der Waals surface area (Å²) >= 11 is 5.99. The Labute approximate surface area is 106 Å². The molecule has 1 fully saturated rings. The lowest BCUT2D eigenvalue weighted by Crippen LogP contribution is -2.48. The summed E-state index contributed by atoms with van der Waals surface area (Å²) in [7, 11) is 0. The van der Waals surface area contributed by atoms with Gasteiger partial charge in [0.2, 0.25) is 5.91 Å². The van der Waals surface area contributed by atoms with Crippen LogP contribution in [0.3, 0.4) is 0 Å². The molecule has 1 amide bonds. The van der Waals surface area contributed by atoms with Gasteiger partial charge in [0, 0.05) is 22.7 Å². The zero-order valence-electron chi connectivity index (χ0n) is 9.92. The van der Waals surface area contributed by atoms with Gasteiger partial charge in [-0.25, -0.2) is 0 Å². The third kappa shape index (κ3) is 2.99. The fourth-order valence-electron chi connectivity index (χ4n) is 2.00. The molecule has 0 spiro atoms. The molecule has 0 heterocycles. The van der Waals surface area contributed by atoms with Crippen molar-refractivity contribution in [3.8, 4) is 0 Å². The second kappa shape index (κ2) is 4.67. The molecular weight excluding hydrogens is 236 g/mol. The van der Waals surface area contributed by atoms with Crippen LogP contribution in [0.2, 0.25) is 5.02 Å². The van der Waals surface area contributed by atoms with Crippen LogP contribution in [0, 0.1) is 6.92 Å². The number of carbonyl (C=O) groups is 1. The molecule has 1 aliphatic carbocycles. The van der Waals surface area contributed by atoms with E-state index in [1.54, 1.807) is 6.07 Å². The number of aryl methyl sites for hydroxylation is 1. The predicted molar refractivity (Wildman–Crippen MR) is 70.2 cm³/mol. The number of nitrogens with one attached hydrogen (secondary N) is 1. The number of anilines is 1. The zero-order valence-corrected chi connectivity index (χ0v) is 10.7. The summed E-state index contributed by atoms with van der Waals surface area (Å²) < 4.78 is 0. The molecule has 3 nitrogen and oxygen atoms in total. The summed E-state index contributed by atoms with van der Waals surface area (Å²) in [6.45, 7) is 1.93. The van der Waals surface area contributed by atoms with Gasteiger partial charge in [0.15, 0.2) is 0 Å². The third-order valence-corrected chi connectivity index (χ3v) is 3.72. The summed E-state index contributed by atoms with van der Waals surface area (Å²) in [5, 5.41) is 3.49. The van der Waals surface area contributed by atoms with E-state index in [2.05, 4.69) is 5.32 Å². The van der Waals surface area contributed by atoms with Crippen LogP contribution in [-0.2, 0) is 4.79 Å². The minimum atomic E-state index is -0.279. The first kappa shape index (κ1) is 12.4. The van der Waals surface area contributed by atoms with Gasteiger partial charge < -0.3 is 11.1 Å². The predicted octanol–water partition coefficient (Wildman–Crippen LogP) is 2.86. The number of carbonyl (C=O) groups excluding carboxylic acids is 1. The van der Waals surface area contributed by atoms with Crippen LogP contribution in [-0.4, -0.2) is 11.4 Å². The van der Waals surface area contributed by atoms with E-state index in [1.807, 2.05) is 19.1 Å². The maximum Gasteiger partial charge on any atom is 0.226 e. The average Bonchev–Trinajstić information content (AvgIpc) is 2.21. The van der Waals surface area contributed by atoms with Crippen LogP contribution in [0.1, 0.15) is 31.2 Å². The quantitative estimate of drug-likeness (QED) is 0.869. The van der Waals surface area contributed by atoms with E-state index in [9.17, 15) is 4.79 Å². The molecule has 92 valence electrons. The molecule has 0 aliphatic heterocycles. The number of amides is 1. The first-order valence-electron chi connectivity index (χ1n) is 5.83. The van der Waals surface area contributed by atoms with Gasteiger partial charge in [-0.15, -0.1) is 0 Å². The van der Waals surface area contributed by atoms with Gasteiger partial charge in [0.05, 0.1) is 0 Å². The minimum Gasteiger partial charge on any atom is -0.326 e. The van der Waals surface area contributed by atoms with Gasteiger partial charge in [0.1, 0.15) is 0 Å². The van der Waals surface area contributed by atoms with Crippen molar-refractivity contribution < 1.29 is 4.79 Å². The number of benzene rings is 1. The molecule has 0 atom stereocenters. The monoisotopic (exact) mass is 252 g/mol. The Balaban J connectivity index is 1.95. The van der Waals surface area contributed by atoms with Crippen molar-refractivity contribution in [3.63, 3.8) is 0 Å². The Morgan fingerprint density at radius 2 is 2.24 bits per heavy atom. The van der Waals surface area contributed by atoms with Crippen molar-refractivity contribution in [2.45, 2.75) is 38.1 Å². The van der Waals surface area contributed by atoms with Crippen molar-refractivity contribution in [1.82, 2.24) is 0 Å². The Hall–Kier alpha value is -1.06. The van der Waals surface area contributed by atoms with Crippen molar-refractivity contribution >= 4 is 23.2 Å². The standard InChI is InChI=1S/C13H17ClN2O/c1-9-3-4-10(7-11(9)14)16-12(17)8-13(15)5-2-6-13/h3-4,7H,2,5-6,8,15H2,1H3,(H,16,17). The van der Waals surface area contributed by atoms with Gasteiger partial charge in [-0.3, -0.25) is 4.79 Å². The van der Waals surface area contributed by atoms with E-state index in [0.717, 1.165) is 30.5 Å². The topological polar surface area (TPSA) is 55.1 Å². The van der Waals surface area contributed by atoms with Crippen LogP contribution >= 0.6 is 11.6 Å². The molecule has 4 heteroatoms. The highest BCUT2D eigenvalue weighted by molar-refractivity contribution is 6.31. The number of rotatable bonds is 3. The lowest BCUT2D eigenvalue weighted by atomic mass is 9.75. The van der Waals surface area contributed by atoms with Crippen molar-refractivity contribution in [2.24, 2.45) is 5.73 Å². The van der Waals surface area contributed by atoms with Gasteiger partial charge in [-0.05, 0) is 43.9 Å². The number of nitrogens with two attached hydrogens (primary N) is 1. The molecule has 0 saturated heterocycles. The van der Waals surface area contributed by atoms with Crippen molar-refractivity contribution in [3.05, 3.63) is 28.8 Å². The zero-order chi connectivity index (χ0) is 12.5. The molecule has 2 rings (SSSR count). The van der Waals surface area contributed by atoms with Crippen LogP contribution in [0.25, 0.3) is 0 Å². The fraction of sp³-hybridized carbons (Fsp3) is 0.462. The summed E-state index contributed by atoms with van der Waals surface area (Å²) in [6.07, 6.45) is 3.39. The van der Waals surface area contributed by atoms with Gasteiger partial charge in [-0.2, -0.15) is 0 Å². The van der Waals surface area contributed by atoms with Crippen LogP contribution in [0.4, 0.5) is 5.69 Å². The number of hydrogen-bond donors (Lipinski definition) is 2. The van der Waals surface area contributed by atoms with E-state index >= 15 is 0 Å². The molecule has 17 heavy (non-hydrogen) atoms. The number of hydrogen-bond acceptors (Lipinski definition) is 2. The summed E-state index contributed by atoms with van der Waals surface area (Å²) in [6, 6.07) is 5.50. The fourth-order valence-corrected chi connectivity index (χ4v) is 2.18. The maximum absolute atomic E-state index is 11.8. The summed E-state index contributed by atoms with van der Waals surface area (Å²) in [5.41, 5.74) is 7.47. The van der Waals surface area contributed by atoms with E-state index < -0.39 is 0 Å². The molecule has 1 aromatic carbocycles. The molecule has 1 aromatic rings. The average molecular weight is 253 g/mol. The molecule has 0 unspecified atom stereocenters. The Kier molecular flexibility index (Phi) is 3.40. The molecule has 0 aromatic heterocycles. The molecule has 1 aliphatic rings.